The summed E-state index contributed by atoms with van der Waals surface area (Å²) in [5, 5.41) is 0. The van der Waals surface area contributed by atoms with Crippen LogP contribution in [0.5, 0.6) is 0 Å². The molecule has 3 nitrogen and oxygen atoms in total. The number of halogens is 17. The van der Waals surface area contributed by atoms with Gasteiger partial charge >= 0.3 is 55.3 Å². The van der Waals surface area contributed by atoms with Gasteiger partial charge in [0.25, 0.3) is 0 Å². The van der Waals surface area contributed by atoms with Gasteiger partial charge in [-0.1, -0.05) is 0 Å². The van der Waals surface area contributed by atoms with Crippen molar-refractivity contribution >= 4 is 18.2 Å². The first kappa shape index (κ1) is 30.3. The lowest BCUT2D eigenvalue weighted by atomic mass is 10.1. The van der Waals surface area contributed by atoms with Crippen LogP contribution in [0, 0.1) is 0 Å². The van der Waals surface area contributed by atoms with E-state index in [0.29, 0.717) is 0 Å². The van der Waals surface area contributed by atoms with E-state index < -0.39 is 68.5 Å². The predicted octanol–water partition coefficient (Wildman–Crippen LogP) is 6.71. The molecule has 0 fully saturated rings. The second-order valence-electron chi connectivity index (χ2n) is 5.38. The summed E-state index contributed by atoms with van der Waals surface area (Å²) in [7, 11) is 0. The van der Waals surface area contributed by atoms with Gasteiger partial charge in [0.2, 0.25) is 0 Å². The fourth-order valence-electron chi connectivity index (χ4n) is 1.30. The minimum absolute atomic E-state index is 3.07. The maximum absolute atomic E-state index is 13.1. The highest BCUT2D eigenvalue weighted by atomic mass is 35.7. The molecule has 0 bridgehead atoms. The van der Waals surface area contributed by atoms with E-state index in [1.54, 1.807) is 0 Å². The van der Waals surface area contributed by atoms with Gasteiger partial charge in [-0.25, -0.2) is 22.1 Å². The molecule has 31 heavy (non-hydrogen) atoms. The maximum atomic E-state index is 13.1. The van der Waals surface area contributed by atoms with Gasteiger partial charge in [-0.15, -0.1) is 0 Å². The van der Waals surface area contributed by atoms with Crippen molar-refractivity contribution in [2.24, 2.45) is 0 Å². The molecule has 0 saturated heterocycles. The summed E-state index contributed by atoms with van der Waals surface area (Å²) in [6.45, 7) is -12.8. The topological polar surface area (TPSA) is 35.5 Å². The van der Waals surface area contributed by atoms with E-state index in [1.165, 1.54) is 0 Å². The van der Waals surface area contributed by atoms with Crippen LogP contribution >= 0.6 is 18.2 Å². The summed E-state index contributed by atoms with van der Waals surface area (Å²) in [6.07, 6.45) is -10.8. The van der Waals surface area contributed by atoms with Gasteiger partial charge < -0.3 is 0 Å². The van der Waals surface area contributed by atoms with Crippen LogP contribution in [-0.2, 0) is 13.6 Å². The van der Waals surface area contributed by atoms with Crippen molar-refractivity contribution in [3.05, 3.63) is 0 Å². The Hall–Kier alpha value is -0.680. The molecule has 0 N–H and O–H groups in total. The lowest BCUT2D eigenvalue weighted by Crippen LogP contribution is -2.59. The zero-order chi connectivity index (χ0) is 25.5. The van der Waals surface area contributed by atoms with Crippen molar-refractivity contribution in [3.63, 3.8) is 0 Å². The minimum atomic E-state index is -6.94. The molecule has 0 aromatic rings. The minimum Gasteiger partial charge on any atom is -0.290 e. The summed E-state index contributed by atoms with van der Waals surface area (Å²) in [5.41, 5.74) is 0. The molecule has 0 spiro atoms. The lowest BCUT2D eigenvalue weighted by Gasteiger charge is -2.33. The van der Waals surface area contributed by atoms with Crippen LogP contribution in [0.2, 0.25) is 0 Å². The first-order valence-electron chi connectivity index (χ1n) is 6.72. The monoisotopic (exact) mass is 544 g/mol. The van der Waals surface area contributed by atoms with E-state index >= 15 is 0 Å². The van der Waals surface area contributed by atoms with Crippen LogP contribution in [0.4, 0.5) is 70.2 Å². The van der Waals surface area contributed by atoms with Gasteiger partial charge in [0.1, 0.15) is 13.2 Å². The van der Waals surface area contributed by atoms with Gasteiger partial charge in [-0.2, -0.15) is 52.7 Å². The van der Waals surface area contributed by atoms with Crippen molar-refractivity contribution in [2.45, 2.75) is 48.4 Å². The molecule has 21 heteroatoms. The van der Waals surface area contributed by atoms with Gasteiger partial charge in [0, 0.05) is 11.2 Å². The Morgan fingerprint density at radius 2 is 0.839 bits per heavy atom. The normalized spacial score (nSPS) is 15.8. The number of hydrogen-bond donors (Lipinski definition) is 0. The third-order valence-electron chi connectivity index (χ3n) is 3.10. The van der Waals surface area contributed by atoms with Gasteiger partial charge in [0.05, 0.1) is 0 Å². The van der Waals surface area contributed by atoms with Crippen molar-refractivity contribution in [1.82, 2.24) is 0 Å². The average Bonchev–Trinajstić information content (AvgIpc) is 2.57. The zero-order valence-electron chi connectivity index (χ0n) is 13.7. The Morgan fingerprint density at radius 3 is 1.03 bits per heavy atom. The molecule has 0 radical (unpaired) electrons. The van der Waals surface area contributed by atoms with Crippen LogP contribution < -0.4 is 0 Å². The molecule has 0 amide bonds. The van der Waals surface area contributed by atoms with Gasteiger partial charge in [-0.3, -0.25) is 9.05 Å². The van der Waals surface area contributed by atoms with E-state index in [2.05, 4.69) is 20.3 Å². The lowest BCUT2D eigenvalue weighted by molar-refractivity contribution is -0.344. The fraction of sp³-hybridized carbons (Fsp3) is 1.00. The Morgan fingerprint density at radius 1 is 0.613 bits per heavy atom. The fourth-order valence-corrected chi connectivity index (χ4v) is 2.30. The molecule has 0 saturated carbocycles. The second-order valence-corrected chi connectivity index (χ2v) is 8.00. The number of hydrogen-bond acceptors (Lipinski definition) is 3. The standard InChI is InChI=1S/C10H6ClF16O3P/c11-31(28,29-1-5(16,17)9(24,25)7(20,21)3(12)13)30-2-6(18,19)10(26,27)8(22,23)4(14)15/h3-4H,1-2H2. The molecule has 0 aliphatic carbocycles. The molecule has 0 aromatic carbocycles. The smallest absolute Gasteiger partial charge is 0.290 e. The Balaban J connectivity index is 5.41. The predicted molar refractivity (Wildman–Crippen MR) is 67.1 cm³/mol. The first-order valence-corrected chi connectivity index (χ1v) is 9.17. The maximum Gasteiger partial charge on any atom is 0.424 e. The molecule has 0 aliphatic rings. The van der Waals surface area contributed by atoms with Crippen LogP contribution in [0.25, 0.3) is 0 Å². The van der Waals surface area contributed by atoms with Crippen molar-refractivity contribution in [1.29, 1.82) is 0 Å². The SMILES string of the molecule is O=P(Cl)(OCC(F)(F)C(F)(F)C(F)(F)C(F)F)OCC(F)(F)C(F)(F)C(F)(F)C(F)F. The molecule has 188 valence electrons. The summed E-state index contributed by atoms with van der Waals surface area (Å²) < 4.78 is 219. The number of alkyl halides is 16. The van der Waals surface area contributed by atoms with Crippen molar-refractivity contribution in [2.75, 3.05) is 13.2 Å². The van der Waals surface area contributed by atoms with Crippen molar-refractivity contribution in [3.8, 4) is 0 Å². The van der Waals surface area contributed by atoms with E-state index in [4.69, 9.17) is 0 Å². The average molecular weight is 545 g/mol. The van der Waals surface area contributed by atoms with Crippen LogP contribution in [0.3, 0.4) is 0 Å². The third kappa shape index (κ3) is 5.82. The molecule has 0 atom stereocenters. The summed E-state index contributed by atoms with van der Waals surface area (Å²) in [6, 6.07) is 0. The van der Waals surface area contributed by atoms with Gasteiger partial charge in [0.15, 0.2) is 0 Å². The summed E-state index contributed by atoms with van der Waals surface area (Å²) >= 11 is 4.49. The van der Waals surface area contributed by atoms with E-state index in [9.17, 15) is 74.8 Å². The van der Waals surface area contributed by atoms with E-state index in [-0.39, 0.29) is 0 Å². The van der Waals surface area contributed by atoms with Gasteiger partial charge in [-0.05, 0) is 0 Å². The Bertz CT molecular complexity index is 616. The molecule has 0 rings (SSSR count). The molecule has 0 aromatic heterocycles. The van der Waals surface area contributed by atoms with Crippen LogP contribution in [-0.4, -0.2) is 61.6 Å². The highest BCUT2D eigenvalue weighted by Crippen LogP contribution is 2.58. The zero-order valence-corrected chi connectivity index (χ0v) is 15.3. The quantitative estimate of drug-likeness (QED) is 0.202. The Labute approximate surface area is 164 Å². The summed E-state index contributed by atoms with van der Waals surface area (Å²) in [4.78, 5) is 0. The largest absolute Gasteiger partial charge is 0.424 e. The molecule has 0 unspecified atom stereocenters. The van der Waals surface area contributed by atoms with E-state index in [0.717, 1.165) is 0 Å². The van der Waals surface area contributed by atoms with E-state index in [1.807, 2.05) is 0 Å². The summed E-state index contributed by atoms with van der Waals surface area (Å²) in [5.74, 6) is -40.1. The molecular weight excluding hydrogens is 539 g/mol. The highest BCUT2D eigenvalue weighted by Gasteiger charge is 2.77. The van der Waals surface area contributed by atoms with Crippen LogP contribution in [0.15, 0.2) is 0 Å². The molecule has 0 aliphatic heterocycles. The highest BCUT2D eigenvalue weighted by molar-refractivity contribution is 7.81. The number of rotatable bonds is 12. The molecule has 0 heterocycles. The van der Waals surface area contributed by atoms with Crippen molar-refractivity contribution < 1.29 is 83.9 Å². The third-order valence-corrected chi connectivity index (χ3v) is 4.56. The Kier molecular flexibility index (Phi) is 8.73. The van der Waals surface area contributed by atoms with Crippen LogP contribution in [0.1, 0.15) is 0 Å². The second kappa shape index (κ2) is 8.93. The molecular formula is C10H6ClF16O3P. The first-order chi connectivity index (χ1) is 13.3.